The summed E-state index contributed by atoms with van der Waals surface area (Å²) >= 11 is 1.51. The number of nitrogens with zero attached hydrogens (tertiary/aromatic N) is 1. The molecule has 0 aliphatic rings. The van der Waals surface area contributed by atoms with Gasteiger partial charge in [0.15, 0.2) is 0 Å². The second kappa shape index (κ2) is 7.01. The molecule has 0 aliphatic carbocycles. The number of hydrogen-bond acceptors (Lipinski definition) is 4. The van der Waals surface area contributed by atoms with Gasteiger partial charge in [-0.25, -0.2) is 4.98 Å². The molecule has 2 rings (SSSR count). The maximum Gasteiger partial charge on any atom is 0.220 e. The van der Waals surface area contributed by atoms with E-state index in [1.807, 2.05) is 35.7 Å². The van der Waals surface area contributed by atoms with Crippen molar-refractivity contribution in [3.63, 3.8) is 0 Å². The van der Waals surface area contributed by atoms with Crippen molar-refractivity contribution in [3.8, 4) is 0 Å². The Hall–Kier alpha value is -1.72. The zero-order valence-electron chi connectivity index (χ0n) is 10.5. The number of carbonyl (C=O) groups excluding carboxylic acids is 1. The Bertz CT molecular complexity index is 499. The first-order chi connectivity index (χ1) is 9.25. The Balaban J connectivity index is 1.71. The van der Waals surface area contributed by atoms with Gasteiger partial charge in [-0.05, 0) is 12.0 Å². The molecule has 1 heterocycles. The van der Waals surface area contributed by atoms with Crippen LogP contribution < -0.4 is 5.32 Å². The highest BCUT2D eigenvalue weighted by Gasteiger charge is 2.10. The number of carbonyl (C=O) groups is 1. The van der Waals surface area contributed by atoms with Crippen LogP contribution in [0.2, 0.25) is 0 Å². The number of hydrogen-bond donors (Lipinski definition) is 2. The summed E-state index contributed by atoms with van der Waals surface area (Å²) in [5, 5.41) is 15.5. The van der Waals surface area contributed by atoms with E-state index < -0.39 is 6.10 Å². The third-order valence-corrected chi connectivity index (χ3v) is 3.53. The van der Waals surface area contributed by atoms with E-state index in [4.69, 9.17) is 0 Å². The topological polar surface area (TPSA) is 62.2 Å². The predicted octanol–water partition coefficient (Wildman–Crippen LogP) is 2.27. The molecule has 0 saturated heterocycles. The average molecular weight is 276 g/mol. The Morgan fingerprint density at radius 3 is 2.84 bits per heavy atom. The summed E-state index contributed by atoms with van der Waals surface area (Å²) in [7, 11) is 0. The van der Waals surface area contributed by atoms with E-state index >= 15 is 0 Å². The molecule has 0 radical (unpaired) electrons. The van der Waals surface area contributed by atoms with Gasteiger partial charge in [-0.2, -0.15) is 0 Å². The fourth-order valence-corrected chi connectivity index (χ4v) is 2.27. The number of aliphatic hydroxyl groups excluding tert-OH is 1. The first-order valence-electron chi connectivity index (χ1n) is 6.14. The molecule has 0 bridgehead atoms. The number of rotatable bonds is 6. The van der Waals surface area contributed by atoms with Crippen LogP contribution in [0.25, 0.3) is 0 Å². The van der Waals surface area contributed by atoms with E-state index in [-0.39, 0.29) is 5.91 Å². The molecule has 5 heteroatoms. The fraction of sp³-hybridized carbons (Fsp3) is 0.286. The molecule has 0 saturated carbocycles. The summed E-state index contributed by atoms with van der Waals surface area (Å²) < 4.78 is 0. The van der Waals surface area contributed by atoms with Gasteiger partial charge in [0.1, 0.15) is 5.01 Å². The lowest BCUT2D eigenvalue weighted by molar-refractivity contribution is -0.121. The Morgan fingerprint density at radius 2 is 2.16 bits per heavy atom. The number of amides is 1. The van der Waals surface area contributed by atoms with Gasteiger partial charge in [-0.1, -0.05) is 30.3 Å². The van der Waals surface area contributed by atoms with Crippen LogP contribution in [0, 0.1) is 0 Å². The lowest BCUT2D eigenvalue weighted by Gasteiger charge is -2.10. The molecule has 1 aromatic heterocycles. The van der Waals surface area contributed by atoms with Crippen LogP contribution in [0.1, 0.15) is 29.5 Å². The number of thiazole rings is 1. The average Bonchev–Trinajstić information content (AvgIpc) is 2.96. The van der Waals surface area contributed by atoms with Crippen LogP contribution in [0.4, 0.5) is 0 Å². The summed E-state index contributed by atoms with van der Waals surface area (Å²) in [6.45, 7) is 0.456. The summed E-state index contributed by atoms with van der Waals surface area (Å²) in [6.07, 6.45) is 1.85. The quantitative estimate of drug-likeness (QED) is 0.851. The maximum absolute atomic E-state index is 11.6. The SMILES string of the molecule is O=C(CCC(O)c1ccccc1)NCc1nccs1. The first-order valence-corrected chi connectivity index (χ1v) is 7.02. The molecule has 4 nitrogen and oxygen atoms in total. The van der Waals surface area contributed by atoms with Crippen molar-refractivity contribution in [2.45, 2.75) is 25.5 Å². The molecular weight excluding hydrogens is 260 g/mol. The Labute approximate surface area is 116 Å². The molecule has 0 fully saturated rings. The molecule has 0 aliphatic heterocycles. The lowest BCUT2D eigenvalue weighted by Crippen LogP contribution is -2.22. The molecule has 0 spiro atoms. The van der Waals surface area contributed by atoms with Gasteiger partial charge < -0.3 is 10.4 Å². The Morgan fingerprint density at radius 1 is 1.37 bits per heavy atom. The molecule has 1 unspecified atom stereocenters. The van der Waals surface area contributed by atoms with Crippen LogP contribution >= 0.6 is 11.3 Å². The van der Waals surface area contributed by atoms with E-state index in [1.54, 1.807) is 6.20 Å². The summed E-state index contributed by atoms with van der Waals surface area (Å²) in [5.41, 5.74) is 0.843. The highest BCUT2D eigenvalue weighted by atomic mass is 32.1. The zero-order chi connectivity index (χ0) is 13.5. The summed E-state index contributed by atoms with van der Waals surface area (Å²) in [6, 6.07) is 9.37. The van der Waals surface area contributed by atoms with Gasteiger partial charge in [-0.15, -0.1) is 11.3 Å². The van der Waals surface area contributed by atoms with E-state index in [1.165, 1.54) is 11.3 Å². The van der Waals surface area contributed by atoms with Crippen molar-refractivity contribution in [1.29, 1.82) is 0 Å². The van der Waals surface area contributed by atoms with Gasteiger partial charge >= 0.3 is 0 Å². The summed E-state index contributed by atoms with van der Waals surface area (Å²) in [4.78, 5) is 15.7. The van der Waals surface area contributed by atoms with Crippen LogP contribution in [0.3, 0.4) is 0 Å². The molecular formula is C14H16N2O2S. The normalized spacial score (nSPS) is 12.1. The third kappa shape index (κ3) is 4.46. The van der Waals surface area contributed by atoms with E-state index in [0.717, 1.165) is 10.6 Å². The van der Waals surface area contributed by atoms with Crippen molar-refractivity contribution in [1.82, 2.24) is 10.3 Å². The molecule has 1 amide bonds. The molecule has 2 N–H and O–H groups in total. The van der Waals surface area contributed by atoms with Crippen LogP contribution in [-0.4, -0.2) is 16.0 Å². The highest BCUT2D eigenvalue weighted by Crippen LogP contribution is 2.17. The van der Waals surface area contributed by atoms with E-state index in [2.05, 4.69) is 10.3 Å². The first kappa shape index (κ1) is 13.7. The van der Waals surface area contributed by atoms with Crippen molar-refractivity contribution in [2.75, 3.05) is 0 Å². The number of benzene rings is 1. The second-order valence-electron chi connectivity index (χ2n) is 4.17. The fourth-order valence-electron chi connectivity index (χ4n) is 1.71. The molecule has 1 aromatic carbocycles. The van der Waals surface area contributed by atoms with Crippen LogP contribution in [0.15, 0.2) is 41.9 Å². The minimum Gasteiger partial charge on any atom is -0.388 e. The zero-order valence-corrected chi connectivity index (χ0v) is 11.3. The summed E-state index contributed by atoms with van der Waals surface area (Å²) in [5.74, 6) is -0.0646. The lowest BCUT2D eigenvalue weighted by atomic mass is 10.1. The van der Waals surface area contributed by atoms with Crippen molar-refractivity contribution >= 4 is 17.2 Å². The molecule has 1 atom stereocenters. The van der Waals surface area contributed by atoms with Crippen LogP contribution in [0.5, 0.6) is 0 Å². The predicted molar refractivity (Wildman–Crippen MR) is 74.6 cm³/mol. The molecule has 19 heavy (non-hydrogen) atoms. The number of nitrogens with one attached hydrogen (secondary N) is 1. The minimum atomic E-state index is -0.591. The second-order valence-corrected chi connectivity index (χ2v) is 5.15. The van der Waals surface area contributed by atoms with E-state index in [9.17, 15) is 9.90 Å². The van der Waals surface area contributed by atoms with E-state index in [0.29, 0.717) is 19.4 Å². The van der Waals surface area contributed by atoms with Crippen molar-refractivity contribution in [2.24, 2.45) is 0 Å². The van der Waals surface area contributed by atoms with Crippen molar-refractivity contribution in [3.05, 3.63) is 52.5 Å². The monoisotopic (exact) mass is 276 g/mol. The Kier molecular flexibility index (Phi) is 5.06. The molecule has 2 aromatic rings. The van der Waals surface area contributed by atoms with Gasteiger partial charge in [0, 0.05) is 18.0 Å². The number of aromatic nitrogens is 1. The number of aliphatic hydroxyl groups is 1. The van der Waals surface area contributed by atoms with Crippen molar-refractivity contribution < 1.29 is 9.90 Å². The van der Waals surface area contributed by atoms with Gasteiger partial charge in [0.25, 0.3) is 0 Å². The van der Waals surface area contributed by atoms with Gasteiger partial charge in [0.2, 0.25) is 5.91 Å². The third-order valence-electron chi connectivity index (χ3n) is 2.75. The minimum absolute atomic E-state index is 0.0646. The standard InChI is InChI=1S/C14H16N2O2S/c17-12(11-4-2-1-3-5-11)6-7-13(18)16-10-14-15-8-9-19-14/h1-5,8-9,12,17H,6-7,10H2,(H,16,18). The van der Waals surface area contributed by atoms with Gasteiger partial charge in [-0.3, -0.25) is 4.79 Å². The highest BCUT2D eigenvalue weighted by molar-refractivity contribution is 7.09. The maximum atomic E-state index is 11.6. The molecule has 100 valence electrons. The van der Waals surface area contributed by atoms with Crippen LogP contribution in [-0.2, 0) is 11.3 Å². The largest absolute Gasteiger partial charge is 0.388 e. The smallest absolute Gasteiger partial charge is 0.220 e. The van der Waals surface area contributed by atoms with Gasteiger partial charge in [0.05, 0.1) is 12.6 Å².